The minimum atomic E-state index is 0.882. The second-order valence-electron chi connectivity index (χ2n) is 5.46. The van der Waals surface area contributed by atoms with E-state index >= 15 is 0 Å². The Kier molecular flexibility index (Phi) is 3.82. The predicted octanol–water partition coefficient (Wildman–Crippen LogP) is 3.81. The summed E-state index contributed by atoms with van der Waals surface area (Å²) in [6.07, 6.45) is 3.06. The van der Waals surface area contributed by atoms with Gasteiger partial charge in [-0.25, -0.2) is 0 Å². The smallest absolute Gasteiger partial charge is 0.0642 e. The Morgan fingerprint density at radius 1 is 1.05 bits per heavy atom. The molecule has 0 amide bonds. The van der Waals surface area contributed by atoms with E-state index in [1.807, 2.05) is 7.05 Å². The summed E-state index contributed by atoms with van der Waals surface area (Å²) < 4.78 is 2.20. The number of rotatable bonds is 5. The van der Waals surface area contributed by atoms with Gasteiger partial charge in [0.25, 0.3) is 0 Å². The lowest BCUT2D eigenvalue weighted by molar-refractivity contribution is 0.582. The van der Waals surface area contributed by atoms with Crippen LogP contribution >= 0.6 is 0 Å². The molecule has 0 aliphatic carbocycles. The second kappa shape index (κ2) is 5.92. The fourth-order valence-electron chi connectivity index (χ4n) is 2.46. The molecule has 3 nitrogen and oxygen atoms in total. The Labute approximate surface area is 125 Å². The van der Waals surface area contributed by atoms with E-state index in [-0.39, 0.29) is 0 Å². The number of H-pyrrole nitrogens is 1. The number of anilines is 1. The molecule has 0 aliphatic rings. The summed E-state index contributed by atoms with van der Waals surface area (Å²) in [6.45, 7) is 3.00. The molecule has 0 atom stereocenters. The zero-order valence-corrected chi connectivity index (χ0v) is 12.6. The van der Waals surface area contributed by atoms with E-state index < -0.39 is 0 Å². The summed E-state index contributed by atoms with van der Waals surface area (Å²) in [5, 5.41) is 6.44. The van der Waals surface area contributed by atoms with Crippen molar-refractivity contribution in [3.63, 3.8) is 0 Å². The van der Waals surface area contributed by atoms with Gasteiger partial charge in [0.15, 0.2) is 0 Å². The number of aromatic nitrogens is 2. The van der Waals surface area contributed by atoms with E-state index in [0.29, 0.717) is 0 Å². The Morgan fingerprint density at radius 2 is 1.86 bits per heavy atom. The molecule has 0 radical (unpaired) electrons. The van der Waals surface area contributed by atoms with Crippen molar-refractivity contribution < 1.29 is 0 Å². The monoisotopic (exact) mass is 279 g/mol. The molecule has 0 bridgehead atoms. The van der Waals surface area contributed by atoms with Crippen LogP contribution in [-0.2, 0) is 13.0 Å². The van der Waals surface area contributed by atoms with E-state index in [1.165, 1.54) is 22.4 Å². The highest BCUT2D eigenvalue weighted by molar-refractivity contribution is 5.45. The molecule has 0 unspecified atom stereocenters. The predicted molar refractivity (Wildman–Crippen MR) is 87.9 cm³/mol. The van der Waals surface area contributed by atoms with Gasteiger partial charge in [0, 0.05) is 25.4 Å². The highest BCUT2D eigenvalue weighted by Gasteiger charge is 2.06. The number of benzene rings is 2. The third-order valence-corrected chi connectivity index (χ3v) is 3.80. The molecule has 2 N–H and O–H groups in total. The van der Waals surface area contributed by atoms with Crippen molar-refractivity contribution in [2.45, 2.75) is 19.9 Å². The number of nitrogens with one attached hydrogen (secondary N) is 2. The van der Waals surface area contributed by atoms with Crippen molar-refractivity contribution in [1.82, 2.24) is 9.78 Å². The molecule has 3 aromatic rings. The Bertz CT molecular complexity index is 704. The Morgan fingerprint density at radius 3 is 2.52 bits per heavy atom. The first-order chi connectivity index (χ1) is 10.2. The SMILES string of the molecule is CNc1cccc(Cn2[nH]cc2Cc2ccc(C)cc2)c1. The largest absolute Gasteiger partial charge is 0.388 e. The van der Waals surface area contributed by atoms with Crippen LogP contribution in [0.4, 0.5) is 5.69 Å². The van der Waals surface area contributed by atoms with Crippen molar-refractivity contribution in [3.8, 4) is 0 Å². The average Bonchev–Trinajstić information content (AvgIpc) is 2.51. The van der Waals surface area contributed by atoms with Crippen LogP contribution in [0.15, 0.2) is 54.7 Å². The van der Waals surface area contributed by atoms with Crippen LogP contribution in [-0.4, -0.2) is 16.8 Å². The lowest BCUT2D eigenvalue weighted by atomic mass is 10.1. The summed E-state index contributed by atoms with van der Waals surface area (Å²) >= 11 is 0. The van der Waals surface area contributed by atoms with Gasteiger partial charge in [-0.1, -0.05) is 42.0 Å². The lowest BCUT2D eigenvalue weighted by Crippen LogP contribution is -2.16. The first-order valence-corrected chi connectivity index (χ1v) is 7.29. The van der Waals surface area contributed by atoms with Crippen LogP contribution in [0.5, 0.6) is 0 Å². The van der Waals surface area contributed by atoms with Crippen molar-refractivity contribution in [2.24, 2.45) is 0 Å². The number of hydrogen-bond acceptors (Lipinski definition) is 1. The maximum Gasteiger partial charge on any atom is 0.0642 e. The standard InChI is InChI=1S/C18H21N3/c1-14-6-8-15(9-7-14)11-18-12-20-21(18)13-16-4-3-5-17(10-16)19-2/h3-10,12,19-20H,11,13H2,1-2H3. The molecular formula is C18H21N3. The van der Waals surface area contributed by atoms with E-state index in [9.17, 15) is 0 Å². The van der Waals surface area contributed by atoms with Crippen LogP contribution in [0.2, 0.25) is 0 Å². The van der Waals surface area contributed by atoms with Crippen molar-refractivity contribution in [3.05, 3.63) is 77.1 Å². The van der Waals surface area contributed by atoms with Gasteiger partial charge in [-0.3, -0.25) is 4.68 Å². The summed E-state index contributed by atoms with van der Waals surface area (Å²) in [6, 6.07) is 17.3. The minimum absolute atomic E-state index is 0.882. The van der Waals surface area contributed by atoms with E-state index in [4.69, 9.17) is 0 Å². The number of aryl methyl sites for hydroxylation is 1. The number of hydrogen-bond donors (Lipinski definition) is 2. The van der Waals surface area contributed by atoms with Gasteiger partial charge >= 0.3 is 0 Å². The molecule has 1 aromatic heterocycles. The molecule has 0 spiro atoms. The van der Waals surface area contributed by atoms with E-state index in [0.717, 1.165) is 18.7 Å². The number of aromatic amines is 1. The third kappa shape index (κ3) is 3.19. The highest BCUT2D eigenvalue weighted by atomic mass is 15.3. The summed E-state index contributed by atoms with van der Waals surface area (Å²) in [7, 11) is 1.95. The summed E-state index contributed by atoms with van der Waals surface area (Å²) in [5.74, 6) is 0. The minimum Gasteiger partial charge on any atom is -0.388 e. The summed E-state index contributed by atoms with van der Waals surface area (Å²) in [4.78, 5) is 0. The molecule has 3 rings (SSSR count). The van der Waals surface area contributed by atoms with Crippen LogP contribution in [0.25, 0.3) is 0 Å². The van der Waals surface area contributed by atoms with Crippen molar-refractivity contribution >= 4 is 5.69 Å². The Hall–Kier alpha value is -2.42. The van der Waals surface area contributed by atoms with Crippen molar-refractivity contribution in [1.29, 1.82) is 0 Å². The lowest BCUT2D eigenvalue weighted by Gasteiger charge is -2.18. The highest BCUT2D eigenvalue weighted by Crippen LogP contribution is 2.15. The van der Waals surface area contributed by atoms with Gasteiger partial charge in [-0.2, -0.15) is 0 Å². The first-order valence-electron chi connectivity index (χ1n) is 7.29. The zero-order chi connectivity index (χ0) is 14.7. The molecule has 0 saturated heterocycles. The van der Waals surface area contributed by atoms with E-state index in [2.05, 4.69) is 76.7 Å². The molecule has 0 fully saturated rings. The average molecular weight is 279 g/mol. The molecule has 1 heterocycles. The molecule has 21 heavy (non-hydrogen) atoms. The van der Waals surface area contributed by atoms with Crippen LogP contribution < -0.4 is 5.32 Å². The van der Waals surface area contributed by atoms with Crippen molar-refractivity contribution in [2.75, 3.05) is 12.4 Å². The molecule has 108 valence electrons. The van der Waals surface area contributed by atoms with Gasteiger partial charge in [-0.15, -0.1) is 0 Å². The van der Waals surface area contributed by atoms with Gasteiger partial charge in [0.05, 0.1) is 12.2 Å². The van der Waals surface area contributed by atoms with Crippen LogP contribution in [0.3, 0.4) is 0 Å². The molecule has 0 aliphatic heterocycles. The first kappa shape index (κ1) is 13.6. The molecule has 0 saturated carbocycles. The molecular weight excluding hydrogens is 258 g/mol. The van der Waals surface area contributed by atoms with Gasteiger partial charge in [-0.05, 0) is 30.2 Å². The molecule has 3 heteroatoms. The maximum absolute atomic E-state index is 3.26. The zero-order valence-electron chi connectivity index (χ0n) is 12.6. The van der Waals surface area contributed by atoms with Crippen LogP contribution in [0, 0.1) is 6.92 Å². The van der Waals surface area contributed by atoms with Gasteiger partial charge in [0.2, 0.25) is 0 Å². The maximum atomic E-state index is 3.26. The quantitative estimate of drug-likeness (QED) is 0.731. The fourth-order valence-corrected chi connectivity index (χ4v) is 2.46. The molecule has 2 aromatic carbocycles. The third-order valence-electron chi connectivity index (χ3n) is 3.80. The van der Waals surface area contributed by atoms with Gasteiger partial charge in [0.1, 0.15) is 0 Å². The van der Waals surface area contributed by atoms with Crippen LogP contribution in [0.1, 0.15) is 22.4 Å². The van der Waals surface area contributed by atoms with E-state index in [1.54, 1.807) is 0 Å². The second-order valence-corrected chi connectivity index (χ2v) is 5.46. The fraction of sp³-hybridized carbons (Fsp3) is 0.222. The normalized spacial score (nSPS) is 10.8. The van der Waals surface area contributed by atoms with Gasteiger partial charge < -0.3 is 10.4 Å². The topological polar surface area (TPSA) is 32.8 Å². The number of nitrogens with zero attached hydrogens (tertiary/aromatic N) is 1. The Balaban J connectivity index is 1.70. The summed E-state index contributed by atoms with van der Waals surface area (Å²) in [5.41, 5.74) is 6.43.